The first kappa shape index (κ1) is 19.7. The number of carbonyl (C=O) groups excluding carboxylic acids is 3. The fourth-order valence-electron chi connectivity index (χ4n) is 2.10. The molecule has 2 N–H and O–H groups in total. The van der Waals surface area contributed by atoms with Gasteiger partial charge in [0.1, 0.15) is 12.6 Å². The van der Waals surface area contributed by atoms with E-state index in [9.17, 15) is 14.4 Å². The first-order valence-corrected chi connectivity index (χ1v) is 8.27. The van der Waals surface area contributed by atoms with E-state index in [2.05, 4.69) is 10.6 Å². The second-order valence-electron chi connectivity index (χ2n) is 5.58. The van der Waals surface area contributed by atoms with Crippen molar-refractivity contribution in [2.75, 3.05) is 6.54 Å². The normalized spacial score (nSPS) is 11.4. The standard InChI is InChI=1S/C18H26N2O4/c1-3-4-12-19-18(23)16(20-14(2)21)10-11-17(22)24-13-15-8-6-5-7-9-15/h5-9,16H,3-4,10-13H2,1-2H3,(H,19,23)(H,20,21). The summed E-state index contributed by atoms with van der Waals surface area (Å²) >= 11 is 0. The van der Waals surface area contributed by atoms with E-state index in [-0.39, 0.29) is 31.3 Å². The molecule has 0 saturated carbocycles. The molecule has 0 aromatic heterocycles. The molecular weight excluding hydrogens is 308 g/mol. The number of esters is 1. The van der Waals surface area contributed by atoms with Gasteiger partial charge in [-0.25, -0.2) is 0 Å². The SMILES string of the molecule is CCCCNC(=O)C(CCC(=O)OCc1ccccc1)NC(C)=O. The van der Waals surface area contributed by atoms with Crippen molar-refractivity contribution in [3.63, 3.8) is 0 Å². The summed E-state index contributed by atoms with van der Waals surface area (Å²) in [5.74, 6) is -0.964. The van der Waals surface area contributed by atoms with E-state index in [0.717, 1.165) is 18.4 Å². The molecular formula is C18H26N2O4. The van der Waals surface area contributed by atoms with Crippen molar-refractivity contribution >= 4 is 17.8 Å². The Morgan fingerprint density at radius 3 is 2.50 bits per heavy atom. The van der Waals surface area contributed by atoms with E-state index < -0.39 is 12.0 Å². The zero-order chi connectivity index (χ0) is 17.8. The van der Waals surface area contributed by atoms with Gasteiger partial charge in [0.05, 0.1) is 0 Å². The van der Waals surface area contributed by atoms with E-state index in [4.69, 9.17) is 4.74 Å². The molecule has 0 spiro atoms. The van der Waals surface area contributed by atoms with Crippen LogP contribution in [0.2, 0.25) is 0 Å². The molecule has 2 amide bonds. The van der Waals surface area contributed by atoms with Gasteiger partial charge < -0.3 is 15.4 Å². The number of ether oxygens (including phenoxy) is 1. The lowest BCUT2D eigenvalue weighted by Gasteiger charge is -2.17. The van der Waals surface area contributed by atoms with Gasteiger partial charge in [0.15, 0.2) is 0 Å². The highest BCUT2D eigenvalue weighted by molar-refractivity contribution is 5.87. The fraction of sp³-hybridized carbons (Fsp3) is 0.500. The van der Waals surface area contributed by atoms with Crippen LogP contribution in [0.25, 0.3) is 0 Å². The summed E-state index contributed by atoms with van der Waals surface area (Å²) in [7, 11) is 0. The van der Waals surface area contributed by atoms with Crippen LogP contribution in [0.5, 0.6) is 0 Å². The molecule has 6 nitrogen and oxygen atoms in total. The Hall–Kier alpha value is -2.37. The first-order valence-electron chi connectivity index (χ1n) is 8.27. The molecule has 0 bridgehead atoms. The zero-order valence-electron chi connectivity index (χ0n) is 14.3. The lowest BCUT2D eigenvalue weighted by Crippen LogP contribution is -2.46. The second kappa shape index (κ2) is 11.2. The van der Waals surface area contributed by atoms with Crippen molar-refractivity contribution in [3.8, 4) is 0 Å². The Kier molecular flexibility index (Phi) is 9.19. The van der Waals surface area contributed by atoms with Gasteiger partial charge in [-0.15, -0.1) is 0 Å². The van der Waals surface area contributed by atoms with E-state index in [1.807, 2.05) is 37.3 Å². The summed E-state index contributed by atoms with van der Waals surface area (Å²) in [5.41, 5.74) is 0.904. The minimum atomic E-state index is -0.719. The topological polar surface area (TPSA) is 84.5 Å². The summed E-state index contributed by atoms with van der Waals surface area (Å²) < 4.78 is 5.18. The van der Waals surface area contributed by atoms with Crippen LogP contribution >= 0.6 is 0 Å². The molecule has 0 radical (unpaired) electrons. The van der Waals surface area contributed by atoms with Crippen LogP contribution in [0.1, 0.15) is 45.1 Å². The molecule has 132 valence electrons. The zero-order valence-corrected chi connectivity index (χ0v) is 14.3. The van der Waals surface area contributed by atoms with Crippen molar-refractivity contribution in [3.05, 3.63) is 35.9 Å². The smallest absolute Gasteiger partial charge is 0.306 e. The molecule has 1 atom stereocenters. The average Bonchev–Trinajstić information content (AvgIpc) is 2.57. The number of hydrogen-bond donors (Lipinski definition) is 2. The minimum absolute atomic E-state index is 0.0684. The molecule has 0 saturated heterocycles. The highest BCUT2D eigenvalue weighted by Gasteiger charge is 2.20. The maximum absolute atomic E-state index is 12.1. The average molecular weight is 334 g/mol. The Bertz CT molecular complexity index is 531. The Morgan fingerprint density at radius 2 is 1.88 bits per heavy atom. The number of carbonyl (C=O) groups is 3. The molecule has 1 aromatic carbocycles. The molecule has 1 aromatic rings. The van der Waals surface area contributed by atoms with Gasteiger partial charge in [-0.2, -0.15) is 0 Å². The highest BCUT2D eigenvalue weighted by Crippen LogP contribution is 2.05. The number of unbranched alkanes of at least 4 members (excludes halogenated alkanes) is 1. The number of hydrogen-bond acceptors (Lipinski definition) is 4. The van der Waals surface area contributed by atoms with E-state index in [1.165, 1.54) is 6.92 Å². The third kappa shape index (κ3) is 8.31. The van der Waals surface area contributed by atoms with Crippen molar-refractivity contribution in [2.24, 2.45) is 0 Å². The molecule has 0 aliphatic heterocycles. The number of benzene rings is 1. The third-order valence-corrected chi connectivity index (χ3v) is 3.40. The highest BCUT2D eigenvalue weighted by atomic mass is 16.5. The number of nitrogens with one attached hydrogen (secondary N) is 2. The summed E-state index contributed by atoms with van der Waals surface area (Å²) in [6, 6.07) is 8.65. The van der Waals surface area contributed by atoms with Crippen LogP contribution in [0.4, 0.5) is 0 Å². The maximum atomic E-state index is 12.1. The molecule has 6 heteroatoms. The van der Waals surface area contributed by atoms with Crippen LogP contribution < -0.4 is 10.6 Å². The molecule has 0 aliphatic rings. The van der Waals surface area contributed by atoms with Gasteiger partial charge >= 0.3 is 5.97 Å². The van der Waals surface area contributed by atoms with E-state index in [0.29, 0.717) is 6.54 Å². The van der Waals surface area contributed by atoms with Gasteiger partial charge in [0, 0.05) is 19.9 Å². The van der Waals surface area contributed by atoms with Crippen LogP contribution in [-0.4, -0.2) is 30.4 Å². The van der Waals surface area contributed by atoms with E-state index >= 15 is 0 Å². The largest absolute Gasteiger partial charge is 0.461 e. The van der Waals surface area contributed by atoms with Crippen molar-refractivity contribution in [2.45, 2.75) is 52.2 Å². The Morgan fingerprint density at radius 1 is 1.17 bits per heavy atom. The monoisotopic (exact) mass is 334 g/mol. The molecule has 24 heavy (non-hydrogen) atoms. The lowest BCUT2D eigenvalue weighted by atomic mass is 10.1. The summed E-state index contributed by atoms with van der Waals surface area (Å²) in [5, 5.41) is 5.34. The summed E-state index contributed by atoms with van der Waals surface area (Å²) in [6.07, 6.45) is 2.12. The molecule has 1 rings (SSSR count). The van der Waals surface area contributed by atoms with Crippen LogP contribution in [-0.2, 0) is 25.7 Å². The molecule has 1 unspecified atom stereocenters. The van der Waals surface area contributed by atoms with Gasteiger partial charge in [0.25, 0.3) is 0 Å². The van der Waals surface area contributed by atoms with E-state index in [1.54, 1.807) is 0 Å². The minimum Gasteiger partial charge on any atom is -0.461 e. The van der Waals surface area contributed by atoms with Gasteiger partial charge in [-0.3, -0.25) is 14.4 Å². The summed E-state index contributed by atoms with van der Waals surface area (Å²) in [4.78, 5) is 35.1. The molecule has 0 heterocycles. The quantitative estimate of drug-likeness (QED) is 0.506. The lowest BCUT2D eigenvalue weighted by molar-refractivity contribution is -0.145. The van der Waals surface area contributed by atoms with Crippen LogP contribution in [0, 0.1) is 0 Å². The summed E-state index contributed by atoms with van der Waals surface area (Å²) in [6.45, 7) is 4.14. The number of rotatable bonds is 10. The maximum Gasteiger partial charge on any atom is 0.306 e. The molecule has 0 aliphatic carbocycles. The van der Waals surface area contributed by atoms with Gasteiger partial charge in [-0.1, -0.05) is 43.7 Å². The van der Waals surface area contributed by atoms with Gasteiger partial charge in [0.2, 0.25) is 11.8 Å². The van der Waals surface area contributed by atoms with Crippen LogP contribution in [0.15, 0.2) is 30.3 Å². The van der Waals surface area contributed by atoms with Crippen molar-refractivity contribution < 1.29 is 19.1 Å². The number of amides is 2. The predicted octanol–water partition coefficient (Wildman–Crippen LogP) is 1.93. The Balaban J connectivity index is 2.40. The second-order valence-corrected chi connectivity index (χ2v) is 5.58. The van der Waals surface area contributed by atoms with Crippen LogP contribution in [0.3, 0.4) is 0 Å². The molecule has 0 fully saturated rings. The van der Waals surface area contributed by atoms with Crippen molar-refractivity contribution in [1.29, 1.82) is 0 Å². The van der Waals surface area contributed by atoms with Crippen molar-refractivity contribution in [1.82, 2.24) is 10.6 Å². The third-order valence-electron chi connectivity index (χ3n) is 3.40. The predicted molar refractivity (Wildman–Crippen MR) is 91.0 cm³/mol. The Labute approximate surface area is 143 Å². The first-order chi connectivity index (χ1) is 11.5. The van der Waals surface area contributed by atoms with Gasteiger partial charge in [-0.05, 0) is 18.4 Å². The fourth-order valence-corrected chi connectivity index (χ4v) is 2.10.